The number of sulfonamides is 1. The Labute approximate surface area is 163 Å². The van der Waals surface area contributed by atoms with E-state index in [1.165, 1.54) is 12.3 Å². The van der Waals surface area contributed by atoms with Gasteiger partial charge in [-0.05, 0) is 55.9 Å². The summed E-state index contributed by atoms with van der Waals surface area (Å²) in [5, 5.41) is 0. The predicted molar refractivity (Wildman–Crippen MR) is 106 cm³/mol. The zero-order valence-corrected chi connectivity index (χ0v) is 17.6. The number of rotatable bonds is 6. The summed E-state index contributed by atoms with van der Waals surface area (Å²) in [4.78, 5) is 17.2. The van der Waals surface area contributed by atoms with E-state index in [0.717, 1.165) is 58.0 Å². The van der Waals surface area contributed by atoms with Crippen LogP contribution in [0.15, 0.2) is 17.2 Å². The van der Waals surface area contributed by atoms with Gasteiger partial charge in [0.05, 0.1) is 0 Å². The zero-order chi connectivity index (χ0) is 19.7. The Kier molecular flexibility index (Phi) is 6.01. The first-order valence-corrected chi connectivity index (χ1v) is 11.7. The molecule has 7 heteroatoms. The van der Waals surface area contributed by atoms with Crippen molar-refractivity contribution in [3.8, 4) is 0 Å². The monoisotopic (exact) mass is 395 g/mol. The van der Waals surface area contributed by atoms with E-state index in [1.54, 1.807) is 4.90 Å². The highest BCUT2D eigenvalue weighted by Crippen LogP contribution is 2.40. The first kappa shape index (κ1) is 20.4. The molecule has 1 aliphatic heterocycles. The molecule has 2 fully saturated rings. The van der Waals surface area contributed by atoms with Gasteiger partial charge < -0.3 is 9.88 Å². The summed E-state index contributed by atoms with van der Waals surface area (Å²) in [7, 11) is -3.61. The van der Waals surface area contributed by atoms with Crippen molar-refractivity contribution in [1.82, 2.24) is 14.6 Å². The Morgan fingerprint density at radius 1 is 1.22 bits per heavy atom. The van der Waals surface area contributed by atoms with Crippen LogP contribution in [0.5, 0.6) is 0 Å². The van der Waals surface area contributed by atoms with Gasteiger partial charge in [-0.1, -0.05) is 27.2 Å². The SMILES string of the molecule is CCC(C)(C)C1CCC(NS(=O)(=O)c2c[nH]c(C(=O)N3CCCC3)c2)CC1. The van der Waals surface area contributed by atoms with E-state index in [1.807, 2.05) is 0 Å². The molecule has 1 saturated heterocycles. The molecular weight excluding hydrogens is 362 g/mol. The average Bonchev–Trinajstić information content (AvgIpc) is 3.33. The number of carbonyl (C=O) groups is 1. The van der Waals surface area contributed by atoms with E-state index >= 15 is 0 Å². The molecule has 152 valence electrons. The minimum absolute atomic E-state index is 0.0217. The van der Waals surface area contributed by atoms with E-state index in [2.05, 4.69) is 30.5 Å². The number of hydrogen-bond donors (Lipinski definition) is 2. The third-order valence-corrected chi connectivity index (χ3v) is 8.16. The molecule has 0 spiro atoms. The lowest BCUT2D eigenvalue weighted by molar-refractivity contribution is 0.0787. The molecule has 1 amide bonds. The molecule has 1 aliphatic carbocycles. The largest absolute Gasteiger partial charge is 0.356 e. The summed E-state index contributed by atoms with van der Waals surface area (Å²) < 4.78 is 28.3. The van der Waals surface area contributed by atoms with Crippen molar-refractivity contribution in [3.63, 3.8) is 0 Å². The minimum Gasteiger partial charge on any atom is -0.356 e. The Morgan fingerprint density at radius 3 is 2.44 bits per heavy atom. The molecular formula is C20H33N3O3S. The Hall–Kier alpha value is -1.34. The third-order valence-electron chi connectivity index (χ3n) is 6.66. The topological polar surface area (TPSA) is 82.3 Å². The summed E-state index contributed by atoms with van der Waals surface area (Å²) in [5.74, 6) is 0.538. The summed E-state index contributed by atoms with van der Waals surface area (Å²) in [5.41, 5.74) is 0.667. The average molecular weight is 396 g/mol. The highest BCUT2D eigenvalue weighted by molar-refractivity contribution is 7.89. The molecule has 6 nitrogen and oxygen atoms in total. The van der Waals surface area contributed by atoms with E-state index in [0.29, 0.717) is 17.0 Å². The van der Waals surface area contributed by atoms with Crippen LogP contribution < -0.4 is 4.72 Å². The van der Waals surface area contributed by atoms with Crippen LogP contribution in [-0.2, 0) is 10.0 Å². The molecule has 0 bridgehead atoms. The standard InChI is InChI=1S/C20H33N3O3S/c1-4-20(2,3)15-7-9-16(10-8-15)22-27(25,26)17-13-18(21-14-17)19(24)23-11-5-6-12-23/h13-16,21-22H,4-12H2,1-3H3. The van der Waals surface area contributed by atoms with E-state index in [-0.39, 0.29) is 16.8 Å². The number of carbonyl (C=O) groups excluding carboxylic acids is 1. The lowest BCUT2D eigenvalue weighted by Crippen LogP contribution is -2.39. The zero-order valence-electron chi connectivity index (χ0n) is 16.8. The van der Waals surface area contributed by atoms with Crippen LogP contribution in [-0.4, -0.2) is 43.3 Å². The normalized spacial score (nSPS) is 24.3. The Balaban J connectivity index is 1.60. The molecule has 3 rings (SSSR count). The fraction of sp³-hybridized carbons (Fsp3) is 0.750. The fourth-order valence-electron chi connectivity index (χ4n) is 4.31. The van der Waals surface area contributed by atoms with Crippen molar-refractivity contribution in [2.24, 2.45) is 11.3 Å². The summed E-state index contributed by atoms with van der Waals surface area (Å²) in [6.45, 7) is 8.33. The molecule has 27 heavy (non-hydrogen) atoms. The van der Waals surface area contributed by atoms with Gasteiger partial charge in [-0.25, -0.2) is 13.1 Å². The first-order valence-electron chi connectivity index (χ1n) is 10.2. The number of aromatic amines is 1. The number of nitrogens with zero attached hydrogens (tertiary/aromatic N) is 1. The second-order valence-electron chi connectivity index (χ2n) is 8.76. The van der Waals surface area contributed by atoms with Crippen molar-refractivity contribution in [2.45, 2.75) is 76.7 Å². The number of likely N-dealkylation sites (tertiary alicyclic amines) is 1. The van der Waals surface area contributed by atoms with Gasteiger partial charge in [0.1, 0.15) is 10.6 Å². The number of nitrogens with one attached hydrogen (secondary N) is 2. The summed E-state index contributed by atoms with van der Waals surface area (Å²) >= 11 is 0. The van der Waals surface area contributed by atoms with Crippen LogP contribution in [0, 0.1) is 11.3 Å². The van der Waals surface area contributed by atoms with Crippen LogP contribution in [0.3, 0.4) is 0 Å². The van der Waals surface area contributed by atoms with Gasteiger partial charge in [-0.2, -0.15) is 0 Å². The molecule has 1 saturated carbocycles. The molecule has 1 aromatic rings. The first-order chi connectivity index (χ1) is 12.7. The number of hydrogen-bond acceptors (Lipinski definition) is 3. The van der Waals surface area contributed by atoms with E-state index in [9.17, 15) is 13.2 Å². The summed E-state index contributed by atoms with van der Waals surface area (Å²) in [6.07, 6.45) is 8.45. The van der Waals surface area contributed by atoms with Gasteiger partial charge in [-0.15, -0.1) is 0 Å². The highest BCUT2D eigenvalue weighted by Gasteiger charge is 2.33. The molecule has 2 heterocycles. The number of H-pyrrole nitrogens is 1. The van der Waals surface area contributed by atoms with Crippen molar-refractivity contribution >= 4 is 15.9 Å². The maximum Gasteiger partial charge on any atom is 0.270 e. The van der Waals surface area contributed by atoms with Gasteiger partial charge in [-0.3, -0.25) is 4.79 Å². The van der Waals surface area contributed by atoms with Crippen LogP contribution in [0.25, 0.3) is 0 Å². The molecule has 1 aromatic heterocycles. The third kappa shape index (κ3) is 4.57. The van der Waals surface area contributed by atoms with Crippen molar-refractivity contribution in [3.05, 3.63) is 18.0 Å². The van der Waals surface area contributed by atoms with Crippen LogP contribution in [0.2, 0.25) is 0 Å². The Morgan fingerprint density at radius 2 is 1.85 bits per heavy atom. The highest BCUT2D eigenvalue weighted by atomic mass is 32.2. The molecule has 0 atom stereocenters. The predicted octanol–water partition coefficient (Wildman–Crippen LogP) is 3.52. The second-order valence-corrected chi connectivity index (χ2v) is 10.5. The van der Waals surface area contributed by atoms with Crippen molar-refractivity contribution < 1.29 is 13.2 Å². The molecule has 2 aliphatic rings. The van der Waals surface area contributed by atoms with Crippen LogP contribution >= 0.6 is 0 Å². The van der Waals surface area contributed by atoms with Crippen molar-refractivity contribution in [1.29, 1.82) is 0 Å². The second kappa shape index (κ2) is 7.95. The van der Waals surface area contributed by atoms with Crippen LogP contribution in [0.4, 0.5) is 0 Å². The Bertz CT molecular complexity index is 755. The number of aromatic nitrogens is 1. The minimum atomic E-state index is -3.61. The quantitative estimate of drug-likeness (QED) is 0.773. The lowest BCUT2D eigenvalue weighted by atomic mass is 9.69. The van der Waals surface area contributed by atoms with Gasteiger partial charge in [0, 0.05) is 25.3 Å². The maximum absolute atomic E-state index is 12.7. The van der Waals surface area contributed by atoms with Gasteiger partial charge in [0.2, 0.25) is 10.0 Å². The molecule has 0 unspecified atom stereocenters. The molecule has 0 radical (unpaired) electrons. The summed E-state index contributed by atoms with van der Waals surface area (Å²) in [6, 6.07) is 1.45. The van der Waals surface area contributed by atoms with Gasteiger partial charge in [0.25, 0.3) is 5.91 Å². The van der Waals surface area contributed by atoms with E-state index in [4.69, 9.17) is 0 Å². The van der Waals surface area contributed by atoms with Crippen LogP contribution in [0.1, 0.15) is 76.2 Å². The molecule has 0 aromatic carbocycles. The van der Waals surface area contributed by atoms with Gasteiger partial charge >= 0.3 is 0 Å². The maximum atomic E-state index is 12.7. The number of amides is 1. The van der Waals surface area contributed by atoms with E-state index < -0.39 is 10.0 Å². The smallest absolute Gasteiger partial charge is 0.270 e. The van der Waals surface area contributed by atoms with Crippen molar-refractivity contribution in [2.75, 3.05) is 13.1 Å². The lowest BCUT2D eigenvalue weighted by Gasteiger charge is -2.38. The fourth-order valence-corrected chi connectivity index (χ4v) is 5.61. The molecule has 2 N–H and O–H groups in total. The van der Waals surface area contributed by atoms with Gasteiger partial charge in [0.15, 0.2) is 0 Å².